The van der Waals surface area contributed by atoms with Crippen LogP contribution in [-0.4, -0.2) is 18.9 Å². The van der Waals surface area contributed by atoms with Crippen LogP contribution in [0.5, 0.6) is 0 Å². The number of hydrogen-bond donors (Lipinski definition) is 0. The number of ketones is 1. The molecular weight excluding hydrogens is 312 g/mol. The van der Waals surface area contributed by atoms with Gasteiger partial charge in [-0.1, -0.05) is 67.9 Å². The van der Waals surface area contributed by atoms with Gasteiger partial charge >= 0.3 is 5.97 Å². The van der Waals surface area contributed by atoms with Crippen LogP contribution in [0.3, 0.4) is 0 Å². The van der Waals surface area contributed by atoms with Crippen molar-refractivity contribution < 1.29 is 14.3 Å². The second-order valence-electron chi connectivity index (χ2n) is 6.72. The van der Waals surface area contributed by atoms with Crippen molar-refractivity contribution in [2.75, 3.05) is 7.11 Å². The van der Waals surface area contributed by atoms with Gasteiger partial charge in [0.1, 0.15) is 5.92 Å². The van der Waals surface area contributed by atoms with E-state index in [0.717, 1.165) is 36.0 Å². The summed E-state index contributed by atoms with van der Waals surface area (Å²) in [5.74, 6) is -1.13. The number of benzene rings is 2. The fourth-order valence-electron chi connectivity index (χ4n) is 3.91. The summed E-state index contributed by atoms with van der Waals surface area (Å²) < 4.78 is 4.92. The van der Waals surface area contributed by atoms with E-state index in [1.165, 1.54) is 7.11 Å². The first kappa shape index (κ1) is 17.4. The molecule has 3 nitrogen and oxygen atoms in total. The molecule has 0 bridgehead atoms. The average molecular weight is 336 g/mol. The van der Waals surface area contributed by atoms with Gasteiger partial charge in [0.2, 0.25) is 0 Å². The van der Waals surface area contributed by atoms with E-state index in [1.807, 2.05) is 30.3 Å². The van der Waals surface area contributed by atoms with Gasteiger partial charge in [0, 0.05) is 11.8 Å². The van der Waals surface area contributed by atoms with E-state index in [2.05, 4.69) is 31.2 Å². The van der Waals surface area contributed by atoms with Crippen LogP contribution in [0.4, 0.5) is 0 Å². The van der Waals surface area contributed by atoms with Crippen molar-refractivity contribution in [2.45, 2.75) is 32.1 Å². The largest absolute Gasteiger partial charge is 0.468 e. The molecule has 1 fully saturated rings. The van der Waals surface area contributed by atoms with Crippen molar-refractivity contribution in [3.8, 4) is 11.1 Å². The van der Waals surface area contributed by atoms with Crippen molar-refractivity contribution in [3.05, 3.63) is 60.2 Å². The van der Waals surface area contributed by atoms with Crippen LogP contribution < -0.4 is 0 Å². The standard InChI is InChI=1S/C22H24O3/c1-3-7-18-14-19(20(21(18)23)22(24)25-2)17-12-10-16(11-13-17)15-8-5-4-6-9-15/h4-6,8-13,18-20H,3,7,14H2,1-2H3/t18?,19-,20-/m1/s1. The highest BCUT2D eigenvalue weighted by molar-refractivity contribution is 6.03. The lowest BCUT2D eigenvalue weighted by atomic mass is 9.87. The van der Waals surface area contributed by atoms with Gasteiger partial charge in [0.15, 0.2) is 5.78 Å². The third-order valence-electron chi connectivity index (χ3n) is 5.19. The minimum Gasteiger partial charge on any atom is -0.468 e. The lowest BCUT2D eigenvalue weighted by molar-refractivity contribution is -0.149. The lowest BCUT2D eigenvalue weighted by Crippen LogP contribution is -2.26. The molecule has 0 radical (unpaired) electrons. The minimum atomic E-state index is -0.663. The maximum Gasteiger partial charge on any atom is 0.316 e. The number of rotatable bonds is 5. The van der Waals surface area contributed by atoms with Crippen molar-refractivity contribution in [3.63, 3.8) is 0 Å². The van der Waals surface area contributed by atoms with E-state index in [0.29, 0.717) is 0 Å². The third kappa shape index (κ3) is 3.51. The number of Topliss-reactive ketones (excluding diaryl/α,β-unsaturated/α-hetero) is 1. The minimum absolute atomic E-state index is 0.0344. The van der Waals surface area contributed by atoms with Gasteiger partial charge < -0.3 is 4.74 Å². The highest BCUT2D eigenvalue weighted by atomic mass is 16.5. The van der Waals surface area contributed by atoms with Crippen molar-refractivity contribution in [1.82, 2.24) is 0 Å². The molecule has 1 saturated carbocycles. The third-order valence-corrected chi connectivity index (χ3v) is 5.19. The van der Waals surface area contributed by atoms with Gasteiger partial charge in [-0.3, -0.25) is 9.59 Å². The summed E-state index contributed by atoms with van der Waals surface area (Å²) in [6.07, 6.45) is 2.52. The zero-order valence-electron chi connectivity index (χ0n) is 14.8. The molecule has 3 heteroatoms. The SMILES string of the molecule is CCCC1C[C@H](c2ccc(-c3ccccc3)cc2)[C@@H](C(=O)OC)C1=O. The molecule has 3 rings (SSSR count). The molecule has 0 N–H and O–H groups in total. The Bertz CT molecular complexity index is 734. The Kier molecular flexibility index (Phi) is 5.32. The van der Waals surface area contributed by atoms with Crippen LogP contribution in [0.25, 0.3) is 11.1 Å². The zero-order chi connectivity index (χ0) is 17.8. The number of esters is 1. The molecule has 1 aliphatic carbocycles. The zero-order valence-corrected chi connectivity index (χ0v) is 14.8. The molecule has 0 aromatic heterocycles. The molecule has 0 heterocycles. The predicted molar refractivity (Wildman–Crippen MR) is 98.1 cm³/mol. The summed E-state index contributed by atoms with van der Waals surface area (Å²) in [6, 6.07) is 18.4. The van der Waals surface area contributed by atoms with Gasteiger partial charge in [-0.25, -0.2) is 0 Å². The number of methoxy groups -OCH3 is 1. The Morgan fingerprint density at radius 2 is 1.68 bits per heavy atom. The molecule has 0 saturated heterocycles. The Morgan fingerprint density at radius 3 is 2.28 bits per heavy atom. The van der Waals surface area contributed by atoms with E-state index >= 15 is 0 Å². The first-order chi connectivity index (χ1) is 12.2. The van der Waals surface area contributed by atoms with Gasteiger partial charge in [-0.15, -0.1) is 0 Å². The van der Waals surface area contributed by atoms with E-state index in [9.17, 15) is 9.59 Å². The molecule has 25 heavy (non-hydrogen) atoms. The van der Waals surface area contributed by atoms with Crippen molar-refractivity contribution in [2.24, 2.45) is 11.8 Å². The second kappa shape index (κ2) is 7.64. The van der Waals surface area contributed by atoms with Gasteiger partial charge in [-0.2, -0.15) is 0 Å². The Hall–Kier alpha value is -2.42. The predicted octanol–water partition coefficient (Wildman–Crippen LogP) is 4.62. The van der Waals surface area contributed by atoms with Crippen LogP contribution in [0.15, 0.2) is 54.6 Å². The van der Waals surface area contributed by atoms with Crippen molar-refractivity contribution >= 4 is 11.8 Å². The quantitative estimate of drug-likeness (QED) is 0.591. The molecule has 2 aromatic rings. The maximum absolute atomic E-state index is 12.7. The Morgan fingerprint density at radius 1 is 1.04 bits per heavy atom. The molecule has 3 atom stereocenters. The normalized spacial score (nSPS) is 22.8. The molecule has 0 aliphatic heterocycles. The van der Waals surface area contributed by atoms with Crippen LogP contribution in [0.2, 0.25) is 0 Å². The van der Waals surface area contributed by atoms with Crippen LogP contribution >= 0.6 is 0 Å². The Labute approximate surface area is 149 Å². The van der Waals surface area contributed by atoms with Crippen molar-refractivity contribution in [1.29, 1.82) is 0 Å². The topological polar surface area (TPSA) is 43.4 Å². The van der Waals surface area contributed by atoms with E-state index in [4.69, 9.17) is 4.74 Å². The smallest absolute Gasteiger partial charge is 0.316 e. The fraction of sp³-hybridized carbons (Fsp3) is 0.364. The highest BCUT2D eigenvalue weighted by Crippen LogP contribution is 2.43. The molecule has 1 aliphatic rings. The number of ether oxygens (including phenoxy) is 1. The monoisotopic (exact) mass is 336 g/mol. The Balaban J connectivity index is 1.88. The highest BCUT2D eigenvalue weighted by Gasteiger charge is 2.46. The molecule has 2 aromatic carbocycles. The molecular formula is C22H24O3. The summed E-state index contributed by atoms with van der Waals surface area (Å²) in [5, 5.41) is 0. The summed E-state index contributed by atoms with van der Waals surface area (Å²) in [7, 11) is 1.36. The van der Waals surface area contributed by atoms with Crippen LogP contribution in [0, 0.1) is 11.8 Å². The van der Waals surface area contributed by atoms with Gasteiger partial charge in [0.25, 0.3) is 0 Å². The molecule has 0 amide bonds. The lowest BCUT2D eigenvalue weighted by Gasteiger charge is -2.17. The van der Waals surface area contributed by atoms with E-state index in [1.54, 1.807) is 0 Å². The first-order valence-corrected chi connectivity index (χ1v) is 8.92. The number of carbonyl (C=O) groups is 2. The second-order valence-corrected chi connectivity index (χ2v) is 6.72. The van der Waals surface area contributed by atoms with E-state index < -0.39 is 11.9 Å². The van der Waals surface area contributed by atoms with E-state index in [-0.39, 0.29) is 17.6 Å². The number of carbonyl (C=O) groups excluding carboxylic acids is 2. The van der Waals surface area contributed by atoms with Crippen LogP contribution in [0.1, 0.15) is 37.7 Å². The first-order valence-electron chi connectivity index (χ1n) is 8.92. The van der Waals surface area contributed by atoms with Crippen LogP contribution in [-0.2, 0) is 14.3 Å². The average Bonchev–Trinajstić information content (AvgIpc) is 2.99. The summed E-state index contributed by atoms with van der Waals surface area (Å²) in [4.78, 5) is 24.9. The molecule has 130 valence electrons. The maximum atomic E-state index is 12.7. The summed E-state index contributed by atoms with van der Waals surface area (Å²) in [6.45, 7) is 2.07. The number of hydrogen-bond acceptors (Lipinski definition) is 3. The van der Waals surface area contributed by atoms with Gasteiger partial charge in [-0.05, 0) is 29.5 Å². The summed E-state index contributed by atoms with van der Waals surface area (Å²) >= 11 is 0. The molecule has 0 spiro atoms. The summed E-state index contributed by atoms with van der Waals surface area (Å²) in [5.41, 5.74) is 3.33. The fourth-order valence-corrected chi connectivity index (χ4v) is 3.91. The van der Waals surface area contributed by atoms with Gasteiger partial charge in [0.05, 0.1) is 7.11 Å². The molecule has 1 unspecified atom stereocenters.